The van der Waals surface area contributed by atoms with Crippen LogP contribution in [0.1, 0.15) is 89.5 Å². The van der Waals surface area contributed by atoms with Crippen LogP contribution >= 0.6 is 0 Å². The van der Waals surface area contributed by atoms with E-state index in [-0.39, 0.29) is 119 Å². The SMILES string of the molecule is Cc1cc([S+](c2ccccc2)c2ccccc2)cc(C)c1OCC(=O)O.Cc1cc([S+](c2ccccc2)c2ccccc2)cc(C)c1OCC(=O)OC12CC3CC(C1)C(=O)C(C3)C2.Cc1cc([S+](c2ccccc2)c2ccccc2)cc(C)c1OCC(=O)OC1C2CC3C(=O)OC1C3O2.Cc1cc([S+](c2ccccc2)c2ccccc2)cc(C)c1OCC(=O)OC1CCOC1=O. The molecule has 12 aromatic rings. The Hall–Kier alpha value is -12.3. The minimum atomic E-state index is -0.971. The van der Waals surface area contributed by atoms with Gasteiger partial charge in [0.15, 0.2) is 97.4 Å². The summed E-state index contributed by atoms with van der Waals surface area (Å²) in [5, 5.41) is 8.87. The monoisotopic (exact) mass is 1830 g/mol. The van der Waals surface area contributed by atoms with E-state index < -0.39 is 47.8 Å². The van der Waals surface area contributed by atoms with Crippen LogP contribution in [0, 0.1) is 79.1 Å². The number of Topliss-reactive ketones (excluding diaryl/α,β-unsaturated/α-hetero) is 1. The van der Waals surface area contributed by atoms with Gasteiger partial charge < -0.3 is 52.5 Å². The molecule has 18 nitrogen and oxygen atoms in total. The number of carbonyl (C=O) groups is 7. The van der Waals surface area contributed by atoms with Crippen LogP contribution in [0.3, 0.4) is 0 Å². The number of carbonyl (C=O) groups excluding carboxylic acids is 6. The van der Waals surface area contributed by atoms with Crippen LogP contribution in [0.5, 0.6) is 23.0 Å². The van der Waals surface area contributed by atoms with E-state index in [1.54, 1.807) is 0 Å². The van der Waals surface area contributed by atoms with Crippen molar-refractivity contribution in [3.8, 4) is 23.0 Å². The van der Waals surface area contributed by atoms with Crippen molar-refractivity contribution in [1.82, 2.24) is 0 Å². The first-order chi connectivity index (χ1) is 63.5. The maximum atomic E-state index is 12.9. The van der Waals surface area contributed by atoms with Gasteiger partial charge in [0.2, 0.25) is 6.10 Å². The molecule has 131 heavy (non-hydrogen) atoms. The Bertz CT molecular complexity index is 5810. The van der Waals surface area contributed by atoms with Gasteiger partial charge >= 0.3 is 35.8 Å². The number of benzene rings is 12. The van der Waals surface area contributed by atoms with Gasteiger partial charge in [-0.25, -0.2) is 24.0 Å². The van der Waals surface area contributed by atoms with Gasteiger partial charge in [-0.05, 0) is 241 Å². The summed E-state index contributed by atoms with van der Waals surface area (Å²) in [7, 11) is -0.999. The Balaban J connectivity index is 0.000000129. The lowest BCUT2D eigenvalue weighted by Gasteiger charge is -2.54. The molecule has 0 amide bonds. The molecule has 4 aliphatic heterocycles. The third-order valence-electron chi connectivity index (χ3n) is 24.3. The number of fused-ring (bicyclic) bond motifs is 1. The Labute approximate surface area is 776 Å². The van der Waals surface area contributed by atoms with E-state index in [2.05, 4.69) is 243 Å². The van der Waals surface area contributed by atoms with E-state index in [1.165, 1.54) is 58.7 Å². The molecular weight excluding hydrogens is 1730 g/mol. The molecule has 20 rings (SSSR count). The Kier molecular flexibility index (Phi) is 29.4. The van der Waals surface area contributed by atoms with Crippen LogP contribution < -0.4 is 18.9 Å². The van der Waals surface area contributed by atoms with E-state index >= 15 is 0 Å². The first-order valence-corrected chi connectivity index (χ1v) is 49.1. The first kappa shape index (κ1) is 92.0. The maximum absolute atomic E-state index is 12.9. The number of cyclic esters (lactones) is 1. The van der Waals surface area contributed by atoms with Gasteiger partial charge in [-0.15, -0.1) is 0 Å². The molecule has 4 saturated heterocycles. The summed E-state index contributed by atoms with van der Waals surface area (Å²) in [6.07, 6.45) is 2.71. The first-order valence-electron chi connectivity index (χ1n) is 44.2. The van der Waals surface area contributed by atoms with Gasteiger partial charge in [-0.3, -0.25) is 9.59 Å². The topological polar surface area (TPSA) is 232 Å². The van der Waals surface area contributed by atoms with Crippen molar-refractivity contribution in [2.75, 3.05) is 33.0 Å². The molecule has 0 radical (unpaired) electrons. The van der Waals surface area contributed by atoms with E-state index in [9.17, 15) is 33.6 Å². The highest BCUT2D eigenvalue weighted by Gasteiger charge is 2.65. The number of rotatable bonds is 27. The minimum Gasteiger partial charge on any atom is -0.481 e. The number of ketones is 1. The summed E-state index contributed by atoms with van der Waals surface area (Å²) in [5.41, 5.74) is 7.25. The number of esters is 5. The number of ether oxygens (including phenoxy) is 10. The second-order valence-electron chi connectivity index (χ2n) is 34.0. The molecule has 8 fully saturated rings. The van der Waals surface area contributed by atoms with Crippen LogP contribution in [-0.4, -0.2) is 116 Å². The fraction of sp³-hybridized carbons (Fsp3) is 0.275. The Morgan fingerprint density at radius 3 is 0.954 bits per heavy atom. The van der Waals surface area contributed by atoms with Gasteiger partial charge in [0.05, 0.1) is 62.2 Å². The molecule has 8 aliphatic rings. The predicted molar refractivity (Wildman–Crippen MR) is 503 cm³/mol. The van der Waals surface area contributed by atoms with E-state index in [1.807, 2.05) is 104 Å². The van der Waals surface area contributed by atoms with Gasteiger partial charge in [0.25, 0.3) is 0 Å². The summed E-state index contributed by atoms with van der Waals surface area (Å²) in [4.78, 5) is 99.1. The van der Waals surface area contributed by atoms with Gasteiger partial charge in [-0.1, -0.05) is 146 Å². The van der Waals surface area contributed by atoms with Crippen molar-refractivity contribution in [3.05, 3.63) is 336 Å². The molecule has 22 heteroatoms. The van der Waals surface area contributed by atoms with Crippen LogP contribution in [0.2, 0.25) is 0 Å². The molecule has 0 spiro atoms. The molecule has 8 unspecified atom stereocenters. The summed E-state index contributed by atoms with van der Waals surface area (Å²) in [6.45, 7) is 15.3. The zero-order valence-corrected chi connectivity index (χ0v) is 77.7. The third-order valence-corrected chi connectivity index (χ3v) is 33.1. The van der Waals surface area contributed by atoms with E-state index in [0.29, 0.717) is 54.6 Å². The van der Waals surface area contributed by atoms with Crippen LogP contribution in [0.25, 0.3) is 0 Å². The largest absolute Gasteiger partial charge is 0.481 e. The van der Waals surface area contributed by atoms with E-state index in [0.717, 1.165) is 69.5 Å². The van der Waals surface area contributed by atoms with Crippen molar-refractivity contribution in [2.45, 2.75) is 195 Å². The number of aryl methyl sites for hydroxylation is 8. The average Bonchev–Trinajstić information content (AvgIpc) is 1.29. The summed E-state index contributed by atoms with van der Waals surface area (Å²) in [5.74, 6) is 0.477. The smallest absolute Gasteiger partial charge is 0.347 e. The number of hydrogen-bond acceptors (Lipinski definition) is 17. The van der Waals surface area contributed by atoms with Gasteiger partial charge in [0.1, 0.15) is 40.5 Å². The highest BCUT2D eigenvalue weighted by atomic mass is 32.2. The summed E-state index contributed by atoms with van der Waals surface area (Å²) >= 11 is 0. The molecular formula is C109H106O18S4+4. The van der Waals surface area contributed by atoms with Gasteiger partial charge in [-0.2, -0.15) is 0 Å². The molecule has 12 aromatic carbocycles. The third kappa shape index (κ3) is 21.7. The number of carboxylic acid groups (broad SMARTS) is 1. The quantitative estimate of drug-likeness (QED) is 0.0286. The van der Waals surface area contributed by atoms with Gasteiger partial charge in [0, 0.05) is 66.8 Å². The molecule has 4 aliphatic carbocycles. The Morgan fingerprint density at radius 1 is 0.359 bits per heavy atom. The van der Waals surface area contributed by atoms with Crippen LogP contribution in [-0.2, 0) is 106 Å². The standard InChI is InChI=1S/C32H33O4S.C29H27O6S.C26H25O5S.C22H20O3S/c1-21-13-28(37(26-9-5-3-6-10-26)27-11-7-4-8-12-27)14-22(2)31(21)35-20-29(33)36-32-17-23-15-24(18-32)30(34)25(16-23)19-32;1-17-13-21(36(19-9-5-3-6-10-19)20-11-7-4-8-12-20)14-18(2)25(17)32-16-24(30)34-27-23-15-22-26(33-23)28(27)35-29(22)31;1-18-15-22(32(20-9-5-3-6-10-20)21-11-7-4-8-12-21)16-19(2)25(18)30-17-24(27)31-23-13-14-29-26(23)28;1-16-13-20(14-17(2)22(16)25-15-21(23)24)26(18-9-5-3-6-10-18)19-11-7-4-8-12-19/h3-14,23-25H,15-20H2,1-2H3;3-14,22-23,26-28H,15-16H2,1-2H3;3-12,15-16,23H,13-14,17H2,1-2H3;3-14H,15H2,1-2H3/q3*+1;/p+1. The fourth-order valence-electron chi connectivity index (χ4n) is 19.1. The van der Waals surface area contributed by atoms with Crippen LogP contribution in [0.4, 0.5) is 0 Å². The molecule has 0 aromatic heterocycles. The highest BCUT2D eigenvalue weighted by Crippen LogP contribution is 2.56. The Morgan fingerprint density at radius 2 is 0.656 bits per heavy atom. The van der Waals surface area contributed by atoms with Crippen molar-refractivity contribution in [1.29, 1.82) is 0 Å². The lowest BCUT2D eigenvalue weighted by Crippen LogP contribution is -2.57. The normalized spacial score (nSPS) is 20.3. The zero-order valence-electron chi connectivity index (χ0n) is 74.4. The zero-order chi connectivity index (χ0) is 91.4. The van der Waals surface area contributed by atoms with E-state index in [4.69, 9.17) is 52.5 Å². The average molecular weight is 1830 g/mol. The van der Waals surface area contributed by atoms with Crippen molar-refractivity contribution in [2.24, 2.45) is 23.7 Å². The predicted octanol–water partition coefficient (Wildman–Crippen LogP) is 20.4. The maximum Gasteiger partial charge on any atom is 0.347 e. The summed E-state index contributed by atoms with van der Waals surface area (Å²) < 4.78 is 56.2. The molecule has 4 saturated carbocycles. The second-order valence-corrected chi connectivity index (χ2v) is 42.1. The molecule has 670 valence electrons. The second kappa shape index (κ2) is 41.8. The molecule has 1 N–H and O–H groups in total. The molecule has 6 bridgehead atoms. The minimum absolute atomic E-state index is 0.0833. The lowest BCUT2D eigenvalue weighted by atomic mass is 9.53. The number of hydrogen-bond donors (Lipinski definition) is 1. The molecule has 8 atom stereocenters. The number of aliphatic carboxylic acids is 1. The fourth-order valence-corrected chi connectivity index (χ4v) is 28.1. The van der Waals surface area contributed by atoms with Crippen LogP contribution in [0.15, 0.2) is 350 Å². The van der Waals surface area contributed by atoms with Crippen molar-refractivity contribution >= 4 is 85.2 Å². The highest BCUT2D eigenvalue weighted by molar-refractivity contribution is 7.98. The van der Waals surface area contributed by atoms with Crippen molar-refractivity contribution in [3.63, 3.8) is 0 Å². The summed E-state index contributed by atoms with van der Waals surface area (Å²) in [6, 6.07) is 101. The molecule has 4 heterocycles. The lowest BCUT2D eigenvalue weighted by molar-refractivity contribution is -0.191. The van der Waals surface area contributed by atoms with Crippen molar-refractivity contribution < 1.29 is 86.0 Å². The number of carboxylic acids is 1.